The summed E-state index contributed by atoms with van der Waals surface area (Å²) in [5, 5.41) is 14.7. The van der Waals surface area contributed by atoms with Gasteiger partial charge in [-0.25, -0.2) is 0 Å². The fraction of sp³-hybridized carbons (Fsp3) is 0.158. The lowest BCUT2D eigenvalue weighted by atomic mass is 10.2. The molecule has 0 saturated carbocycles. The highest BCUT2D eigenvalue weighted by Gasteiger charge is 1.94. The molecule has 0 aromatic heterocycles. The Morgan fingerprint density at radius 2 is 1.70 bits per heavy atom. The minimum absolute atomic E-state index is 0.595. The molecule has 4 heteroatoms. The van der Waals surface area contributed by atoms with Crippen LogP contribution in [-0.4, -0.2) is 13.6 Å². The first-order valence-electron chi connectivity index (χ1n) is 7.57. The number of azo groups is 1. The summed E-state index contributed by atoms with van der Waals surface area (Å²) >= 11 is 0. The van der Waals surface area contributed by atoms with Gasteiger partial charge in [-0.05, 0) is 55.6 Å². The molecule has 0 aliphatic carbocycles. The zero-order valence-electron chi connectivity index (χ0n) is 13.5. The van der Waals surface area contributed by atoms with Crippen molar-refractivity contribution in [2.45, 2.75) is 6.92 Å². The Bertz CT molecular complexity index is 670. The van der Waals surface area contributed by atoms with E-state index < -0.39 is 0 Å². The molecular formula is C19H22N4. The summed E-state index contributed by atoms with van der Waals surface area (Å²) in [6.45, 7) is 2.63. The van der Waals surface area contributed by atoms with Crippen molar-refractivity contribution in [2.75, 3.05) is 18.9 Å². The smallest absolute Gasteiger partial charge is 0.0854 e. The van der Waals surface area contributed by atoms with Crippen LogP contribution in [0.25, 0.3) is 0 Å². The van der Waals surface area contributed by atoms with Gasteiger partial charge in [-0.1, -0.05) is 29.8 Å². The number of para-hydroxylation sites is 1. The largest absolute Gasteiger partial charge is 0.394 e. The minimum Gasteiger partial charge on any atom is -0.394 e. The predicted molar refractivity (Wildman–Crippen MR) is 97.5 cm³/mol. The fourth-order valence-corrected chi connectivity index (χ4v) is 1.89. The molecule has 4 nitrogen and oxygen atoms in total. The van der Waals surface area contributed by atoms with Crippen molar-refractivity contribution in [2.24, 2.45) is 10.2 Å². The molecule has 0 heterocycles. The van der Waals surface area contributed by atoms with Crippen molar-refractivity contribution >= 4 is 17.1 Å². The molecule has 0 unspecified atom stereocenters. The summed E-state index contributed by atoms with van der Waals surface area (Å²) < 4.78 is 0. The lowest BCUT2D eigenvalue weighted by Crippen LogP contribution is -1.90. The molecule has 2 aromatic carbocycles. The summed E-state index contributed by atoms with van der Waals surface area (Å²) in [7, 11) is 1.87. The topological polar surface area (TPSA) is 48.8 Å². The minimum atomic E-state index is 0.595. The molecule has 118 valence electrons. The molecule has 0 aliphatic rings. The van der Waals surface area contributed by atoms with Crippen LogP contribution in [0.15, 0.2) is 88.8 Å². The van der Waals surface area contributed by atoms with Crippen LogP contribution in [0.2, 0.25) is 0 Å². The van der Waals surface area contributed by atoms with Crippen LogP contribution in [0, 0.1) is 0 Å². The van der Waals surface area contributed by atoms with Crippen molar-refractivity contribution in [3.8, 4) is 0 Å². The average molecular weight is 306 g/mol. The van der Waals surface area contributed by atoms with Crippen molar-refractivity contribution in [1.29, 1.82) is 0 Å². The number of hydrogen-bond donors (Lipinski definition) is 2. The summed E-state index contributed by atoms with van der Waals surface area (Å²) in [5.74, 6) is 0. The molecule has 0 spiro atoms. The van der Waals surface area contributed by atoms with Gasteiger partial charge in [0.2, 0.25) is 0 Å². The molecule has 0 fully saturated rings. The molecule has 2 rings (SSSR count). The molecule has 23 heavy (non-hydrogen) atoms. The lowest BCUT2D eigenvalue weighted by molar-refractivity contribution is 1.02. The second kappa shape index (κ2) is 9.20. The lowest BCUT2D eigenvalue weighted by Gasteiger charge is -2.05. The van der Waals surface area contributed by atoms with Crippen LogP contribution in [0.1, 0.15) is 6.92 Å². The van der Waals surface area contributed by atoms with E-state index >= 15 is 0 Å². The van der Waals surface area contributed by atoms with E-state index in [1.807, 2.05) is 86.9 Å². The van der Waals surface area contributed by atoms with Gasteiger partial charge in [0, 0.05) is 18.4 Å². The van der Waals surface area contributed by atoms with Crippen LogP contribution >= 0.6 is 0 Å². The van der Waals surface area contributed by atoms with E-state index in [1.54, 1.807) is 0 Å². The fourth-order valence-electron chi connectivity index (χ4n) is 1.89. The number of nitrogens with zero attached hydrogens (tertiary/aromatic N) is 2. The second-order valence-corrected chi connectivity index (χ2v) is 5.10. The van der Waals surface area contributed by atoms with Crippen LogP contribution in [0.5, 0.6) is 0 Å². The third kappa shape index (κ3) is 6.18. The van der Waals surface area contributed by atoms with Crippen LogP contribution in [0.4, 0.5) is 17.1 Å². The monoisotopic (exact) mass is 306 g/mol. The van der Waals surface area contributed by atoms with Crippen LogP contribution < -0.4 is 10.6 Å². The first-order chi connectivity index (χ1) is 11.3. The number of anilines is 2. The Morgan fingerprint density at radius 1 is 1.00 bits per heavy atom. The van der Waals surface area contributed by atoms with E-state index in [0.717, 1.165) is 22.6 Å². The second-order valence-electron chi connectivity index (χ2n) is 5.10. The average Bonchev–Trinajstić information content (AvgIpc) is 2.58. The SMILES string of the molecule is CN/C=C\C=C(\C)C/N=N/c1ccc(Nc2ccccc2)cc1. The molecule has 0 radical (unpaired) electrons. The van der Waals surface area contributed by atoms with E-state index in [4.69, 9.17) is 0 Å². The van der Waals surface area contributed by atoms with Crippen molar-refractivity contribution in [3.05, 3.63) is 78.5 Å². The van der Waals surface area contributed by atoms with E-state index in [-0.39, 0.29) is 0 Å². The van der Waals surface area contributed by atoms with E-state index in [9.17, 15) is 0 Å². The third-order valence-electron chi connectivity index (χ3n) is 3.08. The molecular weight excluding hydrogens is 284 g/mol. The van der Waals surface area contributed by atoms with Gasteiger partial charge in [-0.2, -0.15) is 10.2 Å². The van der Waals surface area contributed by atoms with Crippen LogP contribution in [0.3, 0.4) is 0 Å². The normalized spacial score (nSPS) is 12.0. The Hall–Kier alpha value is -2.88. The molecule has 0 aliphatic heterocycles. The number of nitrogens with one attached hydrogen (secondary N) is 2. The summed E-state index contributed by atoms with van der Waals surface area (Å²) in [5.41, 5.74) is 4.10. The number of benzene rings is 2. The predicted octanol–water partition coefficient (Wildman–Crippen LogP) is 5.19. The van der Waals surface area contributed by atoms with Crippen LogP contribution in [-0.2, 0) is 0 Å². The van der Waals surface area contributed by atoms with Crippen molar-refractivity contribution in [3.63, 3.8) is 0 Å². The van der Waals surface area contributed by atoms with Gasteiger partial charge in [0.1, 0.15) is 0 Å². The van der Waals surface area contributed by atoms with E-state index in [1.165, 1.54) is 0 Å². The van der Waals surface area contributed by atoms with E-state index in [0.29, 0.717) is 6.54 Å². The van der Waals surface area contributed by atoms with Gasteiger partial charge in [0.15, 0.2) is 0 Å². The highest BCUT2D eigenvalue weighted by Crippen LogP contribution is 2.20. The molecule has 2 N–H and O–H groups in total. The standard InChI is InChI=1S/C19H22N4/c1-16(7-6-14-20-2)15-21-23-19-12-10-18(11-13-19)22-17-8-4-3-5-9-17/h3-14,20,22H,15H2,1-2H3/b14-6-,16-7-,23-21+. The molecule has 0 saturated heterocycles. The molecule has 0 atom stereocenters. The van der Waals surface area contributed by atoms with Gasteiger partial charge in [0.25, 0.3) is 0 Å². The maximum atomic E-state index is 4.24. The maximum Gasteiger partial charge on any atom is 0.0854 e. The van der Waals surface area contributed by atoms with Gasteiger partial charge in [0.05, 0.1) is 12.2 Å². The summed E-state index contributed by atoms with van der Waals surface area (Å²) in [4.78, 5) is 0. The molecule has 0 bridgehead atoms. The number of allylic oxidation sites excluding steroid dienone is 2. The maximum absolute atomic E-state index is 4.24. The first-order valence-corrected chi connectivity index (χ1v) is 7.57. The van der Waals surface area contributed by atoms with Gasteiger partial charge in [-0.3, -0.25) is 0 Å². The third-order valence-corrected chi connectivity index (χ3v) is 3.08. The van der Waals surface area contributed by atoms with E-state index in [2.05, 4.69) is 20.9 Å². The highest BCUT2D eigenvalue weighted by molar-refractivity contribution is 5.61. The van der Waals surface area contributed by atoms with Gasteiger partial charge >= 0.3 is 0 Å². The zero-order chi connectivity index (χ0) is 16.3. The van der Waals surface area contributed by atoms with Gasteiger partial charge in [-0.15, -0.1) is 0 Å². The Labute approximate surface area is 137 Å². The van der Waals surface area contributed by atoms with Crippen molar-refractivity contribution in [1.82, 2.24) is 5.32 Å². The Kier molecular flexibility index (Phi) is 6.60. The molecule has 0 amide bonds. The summed E-state index contributed by atoms with van der Waals surface area (Å²) in [6.07, 6.45) is 5.84. The quantitative estimate of drug-likeness (QED) is 0.546. The van der Waals surface area contributed by atoms with Gasteiger partial charge < -0.3 is 10.6 Å². The van der Waals surface area contributed by atoms with Crippen molar-refractivity contribution < 1.29 is 0 Å². The number of hydrogen-bond acceptors (Lipinski definition) is 4. The Balaban J connectivity index is 1.88. The highest BCUT2D eigenvalue weighted by atomic mass is 15.1. The Morgan fingerprint density at radius 3 is 2.39 bits per heavy atom. The summed E-state index contributed by atoms with van der Waals surface area (Å²) in [6, 6.07) is 18.0. The first kappa shape index (κ1) is 16.5. The molecule has 2 aromatic rings. The zero-order valence-corrected chi connectivity index (χ0v) is 13.5. The number of rotatable bonds is 7.